The lowest BCUT2D eigenvalue weighted by atomic mass is 9.97. The molecule has 1 aliphatic carbocycles. The van der Waals surface area contributed by atoms with E-state index >= 15 is 0 Å². The van der Waals surface area contributed by atoms with Crippen LogP contribution in [-0.2, 0) is 22.9 Å². The number of carbonyl (C=O) groups is 1. The third kappa shape index (κ3) is 6.41. The second-order valence-corrected chi connectivity index (χ2v) is 11.8. The number of benzene rings is 2. The van der Waals surface area contributed by atoms with Crippen molar-refractivity contribution in [1.29, 1.82) is 0 Å². The number of alkyl halides is 3. The van der Waals surface area contributed by atoms with Crippen LogP contribution < -0.4 is 9.88 Å². The molecule has 1 fully saturated rings. The molecule has 41 heavy (non-hydrogen) atoms. The molecule has 0 amide bonds. The molecule has 0 aliphatic heterocycles. The van der Waals surface area contributed by atoms with E-state index in [1.54, 1.807) is 6.07 Å². The molecule has 216 valence electrons. The number of rotatable bonds is 11. The normalized spacial score (nSPS) is 14.4. The van der Waals surface area contributed by atoms with E-state index in [0.29, 0.717) is 40.4 Å². The zero-order valence-electron chi connectivity index (χ0n) is 21.0. The zero-order chi connectivity index (χ0) is 29.5. The summed E-state index contributed by atoms with van der Waals surface area (Å²) in [5, 5.41) is 20.8. The van der Waals surface area contributed by atoms with Crippen LogP contribution in [0.4, 0.5) is 17.6 Å². The van der Waals surface area contributed by atoms with Crippen molar-refractivity contribution in [2.24, 2.45) is 11.1 Å². The van der Waals surface area contributed by atoms with Gasteiger partial charge in [0.25, 0.3) is 6.36 Å². The number of hydrogen-bond donors (Lipinski definition) is 2. The molecular weight excluding hydrogens is 588 g/mol. The molecule has 1 saturated carbocycles. The van der Waals surface area contributed by atoms with E-state index in [0.717, 1.165) is 36.3 Å². The fourth-order valence-electron chi connectivity index (χ4n) is 4.31. The number of thiazole rings is 1. The molecule has 2 aromatic carbocycles. The van der Waals surface area contributed by atoms with Gasteiger partial charge in [-0.25, -0.2) is 41.2 Å². The van der Waals surface area contributed by atoms with Crippen molar-refractivity contribution in [2.75, 3.05) is 0 Å². The summed E-state index contributed by atoms with van der Waals surface area (Å²) in [6, 6.07) is 9.23. The van der Waals surface area contributed by atoms with E-state index in [4.69, 9.17) is 15.0 Å². The molecule has 15 heteroatoms. The lowest BCUT2D eigenvalue weighted by Gasteiger charge is -2.12. The highest BCUT2D eigenvalue weighted by Crippen LogP contribution is 2.39. The van der Waals surface area contributed by atoms with E-state index in [-0.39, 0.29) is 23.0 Å². The van der Waals surface area contributed by atoms with Crippen LogP contribution in [0, 0.1) is 11.7 Å². The molecule has 1 aliphatic rings. The van der Waals surface area contributed by atoms with Gasteiger partial charge in [0.15, 0.2) is 5.69 Å². The van der Waals surface area contributed by atoms with Crippen molar-refractivity contribution in [3.8, 4) is 22.1 Å². The van der Waals surface area contributed by atoms with Crippen LogP contribution >= 0.6 is 11.3 Å². The van der Waals surface area contributed by atoms with Gasteiger partial charge in [-0.05, 0) is 55.0 Å². The number of nitrogens with two attached hydrogens (primary N) is 1. The van der Waals surface area contributed by atoms with Crippen molar-refractivity contribution >= 4 is 27.3 Å². The number of halogens is 4. The SMILES string of the molecule is NS(=O)(=O)c1ccc(Cc2c(-c3cccc(OC(F)C(F)F)c3)nn(-c3nc(C(=O)O)cs3)c2CC2CC2)cc1F. The van der Waals surface area contributed by atoms with Gasteiger partial charge in [-0.2, -0.15) is 9.49 Å². The number of hydrogen-bond acceptors (Lipinski definition) is 7. The first-order chi connectivity index (χ1) is 19.4. The number of sulfonamides is 1. The first kappa shape index (κ1) is 28.7. The Kier molecular flexibility index (Phi) is 7.85. The monoisotopic (exact) mass is 610 g/mol. The Morgan fingerprint density at radius 1 is 1.20 bits per heavy atom. The van der Waals surface area contributed by atoms with Crippen molar-refractivity contribution in [1.82, 2.24) is 14.8 Å². The number of carboxylic acid groups (broad SMARTS) is 1. The highest BCUT2D eigenvalue weighted by atomic mass is 32.2. The lowest BCUT2D eigenvalue weighted by Crippen LogP contribution is -2.19. The Hall–Kier alpha value is -3.82. The summed E-state index contributed by atoms with van der Waals surface area (Å²) in [6.45, 7) is 0. The van der Waals surface area contributed by atoms with Crippen LogP contribution in [-0.4, -0.2) is 47.0 Å². The van der Waals surface area contributed by atoms with E-state index in [1.165, 1.54) is 34.3 Å². The van der Waals surface area contributed by atoms with Gasteiger partial charge in [-0.3, -0.25) is 0 Å². The summed E-state index contributed by atoms with van der Waals surface area (Å²) in [5.74, 6) is -2.13. The molecule has 4 aromatic rings. The van der Waals surface area contributed by atoms with E-state index < -0.39 is 39.5 Å². The minimum Gasteiger partial charge on any atom is -0.476 e. The summed E-state index contributed by atoms with van der Waals surface area (Å²) < 4.78 is 83.5. The van der Waals surface area contributed by atoms with Crippen molar-refractivity contribution in [3.05, 3.63) is 76.2 Å². The molecule has 2 heterocycles. The Morgan fingerprint density at radius 2 is 1.95 bits per heavy atom. The van der Waals surface area contributed by atoms with Gasteiger partial charge in [-0.15, -0.1) is 11.3 Å². The third-order valence-electron chi connectivity index (χ3n) is 6.40. The second kappa shape index (κ2) is 11.2. The molecule has 5 rings (SSSR count). The number of primary sulfonamides is 1. The molecule has 1 unspecified atom stereocenters. The summed E-state index contributed by atoms with van der Waals surface area (Å²) in [5.41, 5.74) is 2.12. The van der Waals surface area contributed by atoms with Gasteiger partial charge in [-0.1, -0.05) is 18.2 Å². The number of aromatic nitrogens is 3. The van der Waals surface area contributed by atoms with Gasteiger partial charge in [0.2, 0.25) is 15.2 Å². The van der Waals surface area contributed by atoms with Crippen molar-refractivity contribution < 1.29 is 40.6 Å². The van der Waals surface area contributed by atoms with E-state index in [1.807, 2.05) is 0 Å². The molecule has 1 atom stereocenters. The molecule has 0 saturated heterocycles. The van der Waals surface area contributed by atoms with Crippen LogP contribution in [0.2, 0.25) is 0 Å². The van der Waals surface area contributed by atoms with Crippen LogP contribution in [0.15, 0.2) is 52.7 Å². The number of aromatic carboxylic acids is 1. The van der Waals surface area contributed by atoms with Gasteiger partial charge < -0.3 is 9.84 Å². The highest BCUT2D eigenvalue weighted by Gasteiger charge is 2.30. The fourth-order valence-corrected chi connectivity index (χ4v) is 5.67. The Balaban J connectivity index is 1.66. The van der Waals surface area contributed by atoms with E-state index in [2.05, 4.69) is 4.98 Å². The predicted molar refractivity (Wildman–Crippen MR) is 140 cm³/mol. The Labute approximate surface area is 235 Å². The maximum absolute atomic E-state index is 14.7. The van der Waals surface area contributed by atoms with Gasteiger partial charge in [0.05, 0.1) is 11.4 Å². The second-order valence-electron chi connectivity index (χ2n) is 9.47. The number of carboxylic acids is 1. The summed E-state index contributed by atoms with van der Waals surface area (Å²) in [6.07, 6.45) is -3.73. The Morgan fingerprint density at radius 3 is 2.56 bits per heavy atom. The average Bonchev–Trinajstić information content (AvgIpc) is 3.45. The third-order valence-corrected chi connectivity index (χ3v) is 8.16. The molecular formula is C26H22F4N4O5S2. The zero-order valence-corrected chi connectivity index (χ0v) is 22.6. The topological polar surface area (TPSA) is 137 Å². The summed E-state index contributed by atoms with van der Waals surface area (Å²) in [7, 11) is -4.29. The summed E-state index contributed by atoms with van der Waals surface area (Å²) in [4.78, 5) is 15.0. The first-order valence-corrected chi connectivity index (χ1v) is 14.6. The predicted octanol–water partition coefficient (Wildman–Crippen LogP) is 4.96. The average molecular weight is 611 g/mol. The maximum atomic E-state index is 14.7. The van der Waals surface area contributed by atoms with E-state index in [9.17, 15) is 35.9 Å². The smallest absolute Gasteiger partial charge is 0.355 e. The van der Waals surface area contributed by atoms with Gasteiger partial charge in [0.1, 0.15) is 16.5 Å². The number of nitrogens with zero attached hydrogens (tertiary/aromatic N) is 3. The van der Waals surface area contributed by atoms with Crippen LogP contribution in [0.3, 0.4) is 0 Å². The largest absolute Gasteiger partial charge is 0.476 e. The first-order valence-electron chi connectivity index (χ1n) is 12.2. The standard InChI is InChI=1S/C26H22F4N4O5S2/c27-18-9-14(6-7-21(18)41(31,37)38)8-17-20(10-13-4-5-13)34(26-32-19(12-40-26)25(35)36)33-22(17)15-2-1-3-16(11-15)39-24(30)23(28)29/h1-3,6-7,9,11-13,23-24H,4-5,8,10H2,(H,35,36)(H2,31,37,38). The minimum atomic E-state index is -4.29. The highest BCUT2D eigenvalue weighted by molar-refractivity contribution is 7.89. The lowest BCUT2D eigenvalue weighted by molar-refractivity contribution is -0.0668. The quantitative estimate of drug-likeness (QED) is 0.229. The van der Waals surface area contributed by atoms with Gasteiger partial charge >= 0.3 is 12.4 Å². The van der Waals surface area contributed by atoms with Crippen molar-refractivity contribution in [3.63, 3.8) is 0 Å². The molecule has 0 bridgehead atoms. The molecule has 0 radical (unpaired) electrons. The molecule has 9 nitrogen and oxygen atoms in total. The molecule has 3 N–H and O–H groups in total. The number of ether oxygens (including phenoxy) is 1. The fraction of sp³-hybridized carbons (Fsp3) is 0.269. The van der Waals surface area contributed by atoms with Crippen molar-refractivity contribution in [2.45, 2.75) is 43.4 Å². The van der Waals surface area contributed by atoms with Crippen LogP contribution in [0.25, 0.3) is 16.4 Å². The Bertz CT molecular complexity index is 1720. The molecule has 2 aromatic heterocycles. The minimum absolute atomic E-state index is 0.0597. The maximum Gasteiger partial charge on any atom is 0.355 e. The summed E-state index contributed by atoms with van der Waals surface area (Å²) >= 11 is 1.05. The molecule has 0 spiro atoms. The van der Waals surface area contributed by atoms with Crippen LogP contribution in [0.1, 0.15) is 40.2 Å². The van der Waals surface area contributed by atoms with Crippen LogP contribution in [0.5, 0.6) is 5.75 Å². The van der Waals surface area contributed by atoms with Gasteiger partial charge in [0, 0.05) is 22.9 Å².